The van der Waals surface area contributed by atoms with Crippen LogP contribution < -0.4 is 5.32 Å². The van der Waals surface area contributed by atoms with Crippen molar-refractivity contribution in [2.45, 2.75) is 12.6 Å². The maximum absolute atomic E-state index is 5.90. The fourth-order valence-electron chi connectivity index (χ4n) is 3.01. The van der Waals surface area contributed by atoms with Crippen LogP contribution in [0.2, 0.25) is 0 Å². The monoisotopic (exact) mass is 487 g/mol. The number of hydrogen-bond acceptors (Lipinski definition) is 5. The standard InChI is InChI=1S/C16H21N7OS.HI/c1-17-15(18-8-13-10-23-4-6-25-16(23)20-13)22-3-5-24-14(11-22)12-7-19-21(2)9-12;/h4,6-7,9-10,14H,3,5,8,11H2,1-2H3,(H,17,18);1H. The Balaban J connectivity index is 0.00000196. The van der Waals surface area contributed by atoms with Gasteiger partial charge in [-0.25, -0.2) is 4.98 Å². The number of nitrogens with zero attached hydrogens (tertiary/aromatic N) is 6. The molecular weight excluding hydrogens is 465 g/mol. The molecule has 1 fully saturated rings. The first-order valence-corrected chi connectivity index (χ1v) is 9.07. The Kier molecular flexibility index (Phi) is 6.14. The molecule has 0 spiro atoms. The summed E-state index contributed by atoms with van der Waals surface area (Å²) >= 11 is 1.64. The van der Waals surface area contributed by atoms with Gasteiger partial charge in [0.25, 0.3) is 0 Å². The molecule has 0 aliphatic carbocycles. The summed E-state index contributed by atoms with van der Waals surface area (Å²) in [6.07, 6.45) is 7.94. The second-order valence-corrected chi connectivity index (χ2v) is 6.85. The Morgan fingerprint density at radius 1 is 1.46 bits per heavy atom. The van der Waals surface area contributed by atoms with Crippen molar-refractivity contribution in [1.29, 1.82) is 0 Å². The first-order valence-electron chi connectivity index (χ1n) is 8.20. The number of guanidine groups is 1. The van der Waals surface area contributed by atoms with Crippen LogP contribution in [0.5, 0.6) is 0 Å². The molecular formula is C16H22IN7OS. The lowest BCUT2D eigenvalue weighted by Crippen LogP contribution is -2.47. The molecule has 0 saturated carbocycles. The first-order chi connectivity index (χ1) is 12.2. The fraction of sp³-hybridized carbons (Fsp3) is 0.438. The predicted molar refractivity (Wildman–Crippen MR) is 112 cm³/mol. The van der Waals surface area contributed by atoms with E-state index < -0.39 is 0 Å². The van der Waals surface area contributed by atoms with Crippen LogP contribution in [0.1, 0.15) is 17.4 Å². The molecule has 4 heterocycles. The molecule has 1 aliphatic rings. The normalized spacial score (nSPS) is 18.2. The Hall–Kier alpha value is -1.66. The molecule has 0 aromatic carbocycles. The molecule has 1 unspecified atom stereocenters. The summed E-state index contributed by atoms with van der Waals surface area (Å²) in [5, 5.41) is 9.68. The average molecular weight is 487 g/mol. The molecule has 0 amide bonds. The molecule has 10 heteroatoms. The number of nitrogens with one attached hydrogen (secondary N) is 1. The highest BCUT2D eigenvalue weighted by Gasteiger charge is 2.25. The third kappa shape index (κ3) is 4.01. The minimum atomic E-state index is 0. The maximum Gasteiger partial charge on any atom is 0.194 e. The zero-order valence-corrected chi connectivity index (χ0v) is 17.8. The molecule has 1 atom stereocenters. The lowest BCUT2D eigenvalue weighted by Gasteiger charge is -2.34. The Morgan fingerprint density at radius 3 is 3.08 bits per heavy atom. The van der Waals surface area contributed by atoms with Crippen LogP contribution in [-0.2, 0) is 18.3 Å². The van der Waals surface area contributed by atoms with E-state index in [2.05, 4.69) is 25.3 Å². The van der Waals surface area contributed by atoms with Gasteiger partial charge in [0, 0.05) is 50.2 Å². The van der Waals surface area contributed by atoms with E-state index in [4.69, 9.17) is 4.74 Å². The summed E-state index contributed by atoms with van der Waals surface area (Å²) in [5.41, 5.74) is 2.10. The number of ether oxygens (including phenoxy) is 1. The van der Waals surface area contributed by atoms with Gasteiger partial charge >= 0.3 is 0 Å². The lowest BCUT2D eigenvalue weighted by molar-refractivity contribution is -0.00805. The number of rotatable bonds is 3. The van der Waals surface area contributed by atoms with Crippen molar-refractivity contribution in [3.8, 4) is 0 Å². The van der Waals surface area contributed by atoms with Gasteiger partial charge in [-0.15, -0.1) is 35.3 Å². The van der Waals surface area contributed by atoms with Crippen LogP contribution in [0.3, 0.4) is 0 Å². The molecule has 4 rings (SSSR count). The largest absolute Gasteiger partial charge is 0.370 e. The van der Waals surface area contributed by atoms with Crippen molar-refractivity contribution < 1.29 is 4.74 Å². The number of aromatic nitrogens is 4. The Labute approximate surface area is 172 Å². The zero-order chi connectivity index (χ0) is 17.2. The second kappa shape index (κ2) is 8.35. The van der Waals surface area contributed by atoms with Gasteiger partial charge < -0.3 is 15.0 Å². The van der Waals surface area contributed by atoms with E-state index in [0.717, 1.165) is 35.3 Å². The van der Waals surface area contributed by atoms with Crippen molar-refractivity contribution in [1.82, 2.24) is 29.4 Å². The summed E-state index contributed by atoms with van der Waals surface area (Å²) in [6, 6.07) is 0. The summed E-state index contributed by atoms with van der Waals surface area (Å²) in [7, 11) is 3.73. The van der Waals surface area contributed by atoms with Gasteiger partial charge in [0.2, 0.25) is 0 Å². The third-order valence-corrected chi connectivity index (χ3v) is 5.02. The topological polar surface area (TPSA) is 72.0 Å². The second-order valence-electron chi connectivity index (χ2n) is 5.98. The Morgan fingerprint density at radius 2 is 2.35 bits per heavy atom. The minimum absolute atomic E-state index is 0. The van der Waals surface area contributed by atoms with Crippen LogP contribution >= 0.6 is 35.3 Å². The molecule has 1 saturated heterocycles. The van der Waals surface area contributed by atoms with E-state index in [0.29, 0.717) is 13.2 Å². The van der Waals surface area contributed by atoms with Crippen LogP contribution in [0.4, 0.5) is 0 Å². The van der Waals surface area contributed by atoms with Gasteiger partial charge in [0.05, 0.1) is 31.6 Å². The highest BCUT2D eigenvalue weighted by atomic mass is 127. The number of thiazole rings is 1. The average Bonchev–Trinajstić information content (AvgIpc) is 3.32. The number of aliphatic imine (C=N–C) groups is 1. The van der Waals surface area contributed by atoms with E-state index in [1.54, 1.807) is 16.0 Å². The third-order valence-electron chi connectivity index (χ3n) is 4.25. The predicted octanol–water partition coefficient (Wildman–Crippen LogP) is 1.90. The van der Waals surface area contributed by atoms with Crippen LogP contribution in [-0.4, -0.2) is 56.8 Å². The van der Waals surface area contributed by atoms with Crippen LogP contribution in [0, 0.1) is 0 Å². The van der Waals surface area contributed by atoms with Crippen molar-refractivity contribution in [2.24, 2.45) is 12.0 Å². The van der Waals surface area contributed by atoms with E-state index in [9.17, 15) is 0 Å². The van der Waals surface area contributed by atoms with E-state index >= 15 is 0 Å². The molecule has 3 aromatic rings. The van der Waals surface area contributed by atoms with Crippen LogP contribution in [0.15, 0.2) is 35.2 Å². The number of halogens is 1. The van der Waals surface area contributed by atoms with Gasteiger partial charge in [-0.1, -0.05) is 0 Å². The SMILES string of the molecule is CN=C(NCc1cn2ccsc2n1)N1CCOC(c2cnn(C)c2)C1.I. The molecule has 26 heavy (non-hydrogen) atoms. The number of fused-ring (bicyclic) bond motifs is 1. The fourth-order valence-corrected chi connectivity index (χ4v) is 3.73. The summed E-state index contributed by atoms with van der Waals surface area (Å²) in [4.78, 5) is 12.3. The summed E-state index contributed by atoms with van der Waals surface area (Å²) in [6.45, 7) is 2.88. The van der Waals surface area contributed by atoms with Gasteiger partial charge in [0.15, 0.2) is 10.9 Å². The molecule has 0 bridgehead atoms. The van der Waals surface area contributed by atoms with Gasteiger partial charge in [-0.2, -0.15) is 5.10 Å². The van der Waals surface area contributed by atoms with Crippen molar-refractivity contribution in [2.75, 3.05) is 26.7 Å². The summed E-state index contributed by atoms with van der Waals surface area (Å²) in [5.74, 6) is 0.869. The van der Waals surface area contributed by atoms with Crippen molar-refractivity contribution in [3.63, 3.8) is 0 Å². The molecule has 3 aromatic heterocycles. The van der Waals surface area contributed by atoms with Crippen molar-refractivity contribution in [3.05, 3.63) is 41.4 Å². The number of morpholine rings is 1. The molecule has 8 nitrogen and oxygen atoms in total. The number of aryl methyl sites for hydroxylation is 1. The lowest BCUT2D eigenvalue weighted by atomic mass is 10.1. The molecule has 0 radical (unpaired) electrons. The van der Waals surface area contributed by atoms with E-state index in [1.165, 1.54) is 0 Å². The van der Waals surface area contributed by atoms with Gasteiger partial charge in [-0.05, 0) is 0 Å². The highest BCUT2D eigenvalue weighted by molar-refractivity contribution is 14.0. The van der Waals surface area contributed by atoms with Gasteiger partial charge in [0.1, 0.15) is 6.10 Å². The Bertz CT molecular complexity index is 858. The van der Waals surface area contributed by atoms with E-state index in [1.807, 2.05) is 48.7 Å². The van der Waals surface area contributed by atoms with Crippen LogP contribution in [0.25, 0.3) is 4.96 Å². The zero-order valence-electron chi connectivity index (χ0n) is 14.7. The van der Waals surface area contributed by atoms with Crippen molar-refractivity contribution >= 4 is 46.2 Å². The molecule has 1 aliphatic heterocycles. The van der Waals surface area contributed by atoms with Gasteiger partial charge in [-0.3, -0.25) is 14.1 Å². The molecule has 1 N–H and O–H groups in total. The molecule has 140 valence electrons. The highest BCUT2D eigenvalue weighted by Crippen LogP contribution is 2.21. The summed E-state index contributed by atoms with van der Waals surface area (Å²) < 4.78 is 9.74. The van der Waals surface area contributed by atoms with E-state index in [-0.39, 0.29) is 30.1 Å². The first kappa shape index (κ1) is 19.1. The minimum Gasteiger partial charge on any atom is -0.370 e. The quantitative estimate of drug-likeness (QED) is 0.347. The smallest absolute Gasteiger partial charge is 0.194 e. The maximum atomic E-state index is 5.90. The number of hydrogen-bond donors (Lipinski definition) is 1. The number of imidazole rings is 1.